The molecule has 0 saturated heterocycles. The van der Waals surface area contributed by atoms with Gasteiger partial charge in [0.2, 0.25) is 11.8 Å². The van der Waals surface area contributed by atoms with Gasteiger partial charge < -0.3 is 20.9 Å². The van der Waals surface area contributed by atoms with Crippen molar-refractivity contribution in [2.45, 2.75) is 31.8 Å². The number of para-hydroxylation sites is 1. The molecule has 0 fully saturated rings. The number of carbonyl (C=O) groups is 2. The highest BCUT2D eigenvalue weighted by molar-refractivity contribution is 5.92. The first-order valence-corrected chi connectivity index (χ1v) is 7.56. The summed E-state index contributed by atoms with van der Waals surface area (Å²) < 4.78 is 0. The lowest BCUT2D eigenvalue weighted by Gasteiger charge is -2.29. The minimum absolute atomic E-state index is 0.176. The van der Waals surface area contributed by atoms with Gasteiger partial charge in [-0.15, -0.1) is 0 Å². The van der Waals surface area contributed by atoms with Crippen molar-refractivity contribution in [1.29, 1.82) is 0 Å². The SMILES string of the molecule is CN(C)C(=O)C(C)(C)NC(=O)C(N)Cc1c[nH]c2ccccc12. The zero-order valence-electron chi connectivity index (χ0n) is 14.0. The van der Waals surface area contributed by atoms with Gasteiger partial charge in [0.25, 0.3) is 0 Å². The van der Waals surface area contributed by atoms with Crippen molar-refractivity contribution >= 4 is 22.7 Å². The third-order valence-corrected chi connectivity index (χ3v) is 3.83. The standard InChI is InChI=1S/C17H24N4O2/c1-17(2,16(23)21(3)4)20-15(22)13(18)9-11-10-19-14-8-6-5-7-12(11)14/h5-8,10,13,19H,9,18H2,1-4H3,(H,20,22). The summed E-state index contributed by atoms with van der Waals surface area (Å²) in [6, 6.07) is 7.15. The maximum absolute atomic E-state index is 12.3. The van der Waals surface area contributed by atoms with Crippen LogP contribution in [-0.4, -0.2) is 47.4 Å². The molecule has 2 aromatic rings. The number of benzene rings is 1. The number of nitrogens with one attached hydrogen (secondary N) is 2. The van der Waals surface area contributed by atoms with Crippen molar-refractivity contribution in [3.05, 3.63) is 36.0 Å². The van der Waals surface area contributed by atoms with Gasteiger partial charge in [-0.3, -0.25) is 9.59 Å². The lowest BCUT2D eigenvalue weighted by molar-refractivity contribution is -0.138. The molecule has 1 atom stereocenters. The molecule has 0 aliphatic rings. The van der Waals surface area contributed by atoms with Crippen LogP contribution >= 0.6 is 0 Å². The van der Waals surface area contributed by atoms with E-state index in [1.54, 1.807) is 27.9 Å². The molecule has 0 bridgehead atoms. The van der Waals surface area contributed by atoms with Gasteiger partial charge in [0.05, 0.1) is 6.04 Å². The number of carbonyl (C=O) groups excluding carboxylic acids is 2. The molecule has 1 aromatic heterocycles. The average molecular weight is 316 g/mol. The van der Waals surface area contributed by atoms with Gasteiger partial charge in [-0.05, 0) is 31.9 Å². The van der Waals surface area contributed by atoms with Gasteiger partial charge in [-0.25, -0.2) is 0 Å². The molecule has 23 heavy (non-hydrogen) atoms. The molecule has 0 saturated carbocycles. The zero-order chi connectivity index (χ0) is 17.2. The van der Waals surface area contributed by atoms with Crippen molar-refractivity contribution in [3.8, 4) is 0 Å². The third-order valence-electron chi connectivity index (χ3n) is 3.83. The molecule has 2 rings (SSSR count). The first kappa shape index (κ1) is 17.0. The minimum Gasteiger partial charge on any atom is -0.361 e. The fraction of sp³-hybridized carbons (Fsp3) is 0.412. The number of fused-ring (bicyclic) bond motifs is 1. The topological polar surface area (TPSA) is 91.2 Å². The smallest absolute Gasteiger partial charge is 0.247 e. The summed E-state index contributed by atoms with van der Waals surface area (Å²) in [7, 11) is 3.31. The molecule has 1 unspecified atom stereocenters. The molecule has 0 radical (unpaired) electrons. The molecule has 4 N–H and O–H groups in total. The molecule has 0 spiro atoms. The second-order valence-corrected chi connectivity index (χ2v) is 6.48. The minimum atomic E-state index is -0.988. The predicted molar refractivity (Wildman–Crippen MR) is 90.9 cm³/mol. The zero-order valence-corrected chi connectivity index (χ0v) is 14.0. The highest BCUT2D eigenvalue weighted by Gasteiger charge is 2.32. The van der Waals surface area contributed by atoms with Gasteiger partial charge in [0.15, 0.2) is 0 Å². The number of aromatic amines is 1. The highest BCUT2D eigenvalue weighted by atomic mass is 16.2. The number of hydrogen-bond donors (Lipinski definition) is 3. The Labute approximate surface area is 136 Å². The van der Waals surface area contributed by atoms with Crippen LogP contribution in [0.4, 0.5) is 0 Å². The van der Waals surface area contributed by atoms with Crippen LogP contribution in [0.25, 0.3) is 10.9 Å². The van der Waals surface area contributed by atoms with Crippen molar-refractivity contribution < 1.29 is 9.59 Å². The number of aromatic nitrogens is 1. The van der Waals surface area contributed by atoms with Crippen molar-refractivity contribution in [2.75, 3.05) is 14.1 Å². The van der Waals surface area contributed by atoms with Crippen molar-refractivity contribution in [1.82, 2.24) is 15.2 Å². The summed E-state index contributed by atoms with van der Waals surface area (Å²) in [6.07, 6.45) is 2.27. The number of H-pyrrole nitrogens is 1. The van der Waals surface area contributed by atoms with Gasteiger partial charge in [-0.1, -0.05) is 18.2 Å². The molecule has 6 heteroatoms. The number of rotatable bonds is 5. The van der Waals surface area contributed by atoms with E-state index in [1.165, 1.54) is 4.90 Å². The Bertz CT molecular complexity index is 718. The van der Waals surface area contributed by atoms with Crippen LogP contribution in [0.5, 0.6) is 0 Å². The van der Waals surface area contributed by atoms with E-state index in [0.717, 1.165) is 16.5 Å². The fourth-order valence-electron chi connectivity index (χ4n) is 2.64. The molecule has 124 valence electrons. The number of hydrogen-bond acceptors (Lipinski definition) is 3. The Morgan fingerprint density at radius 3 is 2.61 bits per heavy atom. The average Bonchev–Trinajstić information content (AvgIpc) is 2.89. The van der Waals surface area contributed by atoms with E-state index in [-0.39, 0.29) is 11.8 Å². The predicted octanol–water partition coefficient (Wildman–Crippen LogP) is 1.02. The van der Waals surface area contributed by atoms with E-state index >= 15 is 0 Å². The summed E-state index contributed by atoms with van der Waals surface area (Å²) in [5.41, 5.74) is 7.04. The highest BCUT2D eigenvalue weighted by Crippen LogP contribution is 2.19. The van der Waals surface area contributed by atoms with E-state index in [0.29, 0.717) is 6.42 Å². The molecule has 1 aromatic carbocycles. The fourth-order valence-corrected chi connectivity index (χ4v) is 2.64. The molecular weight excluding hydrogens is 292 g/mol. The van der Waals surface area contributed by atoms with Crippen molar-refractivity contribution in [2.24, 2.45) is 5.73 Å². The van der Waals surface area contributed by atoms with Crippen molar-refractivity contribution in [3.63, 3.8) is 0 Å². The molecule has 0 aliphatic carbocycles. The molecular formula is C17H24N4O2. The Kier molecular flexibility index (Phi) is 4.75. The first-order chi connectivity index (χ1) is 10.7. The van der Waals surface area contributed by atoms with Crippen LogP contribution in [0.1, 0.15) is 19.4 Å². The van der Waals surface area contributed by atoms with Gasteiger partial charge >= 0.3 is 0 Å². The molecule has 6 nitrogen and oxygen atoms in total. The van der Waals surface area contributed by atoms with E-state index in [4.69, 9.17) is 5.73 Å². The van der Waals surface area contributed by atoms with E-state index in [9.17, 15) is 9.59 Å². The van der Waals surface area contributed by atoms with Crippen LogP contribution in [0, 0.1) is 0 Å². The first-order valence-electron chi connectivity index (χ1n) is 7.56. The Hall–Kier alpha value is -2.34. The van der Waals surface area contributed by atoms with Crippen LogP contribution < -0.4 is 11.1 Å². The Morgan fingerprint density at radius 2 is 1.96 bits per heavy atom. The summed E-state index contributed by atoms with van der Waals surface area (Å²) in [4.78, 5) is 29.0. The van der Waals surface area contributed by atoms with Crippen LogP contribution in [0.15, 0.2) is 30.5 Å². The summed E-state index contributed by atoms with van der Waals surface area (Å²) in [5, 5.41) is 3.79. The largest absolute Gasteiger partial charge is 0.361 e. The second-order valence-electron chi connectivity index (χ2n) is 6.48. The second kappa shape index (κ2) is 6.42. The van der Waals surface area contributed by atoms with Crippen LogP contribution in [0.2, 0.25) is 0 Å². The van der Waals surface area contributed by atoms with Crippen LogP contribution in [0.3, 0.4) is 0 Å². The van der Waals surface area contributed by atoms with Gasteiger partial charge in [0, 0.05) is 31.2 Å². The molecule has 0 aliphatic heterocycles. The van der Waals surface area contributed by atoms with E-state index in [2.05, 4.69) is 10.3 Å². The van der Waals surface area contributed by atoms with E-state index < -0.39 is 11.6 Å². The number of likely N-dealkylation sites (N-methyl/N-ethyl adjacent to an activating group) is 1. The summed E-state index contributed by atoms with van der Waals surface area (Å²) in [6.45, 7) is 3.34. The maximum atomic E-state index is 12.3. The lowest BCUT2D eigenvalue weighted by atomic mass is 10.0. The monoisotopic (exact) mass is 316 g/mol. The number of amides is 2. The quantitative estimate of drug-likeness (QED) is 0.769. The molecule has 1 heterocycles. The third kappa shape index (κ3) is 3.71. The Balaban J connectivity index is 2.07. The normalized spacial score (nSPS) is 12.9. The summed E-state index contributed by atoms with van der Waals surface area (Å²) in [5.74, 6) is -0.513. The van der Waals surface area contributed by atoms with Crippen LogP contribution in [-0.2, 0) is 16.0 Å². The number of nitrogens with zero attached hydrogens (tertiary/aromatic N) is 1. The Morgan fingerprint density at radius 1 is 1.30 bits per heavy atom. The summed E-state index contributed by atoms with van der Waals surface area (Å²) >= 11 is 0. The maximum Gasteiger partial charge on any atom is 0.247 e. The lowest BCUT2D eigenvalue weighted by Crippen LogP contribution is -2.58. The van der Waals surface area contributed by atoms with Gasteiger partial charge in [-0.2, -0.15) is 0 Å². The van der Waals surface area contributed by atoms with E-state index in [1.807, 2.05) is 30.5 Å². The van der Waals surface area contributed by atoms with Gasteiger partial charge in [0.1, 0.15) is 5.54 Å². The molecule has 2 amide bonds. The number of nitrogens with two attached hydrogens (primary N) is 1.